The van der Waals surface area contributed by atoms with Crippen LogP contribution < -0.4 is 14.8 Å². The summed E-state index contributed by atoms with van der Waals surface area (Å²) in [5.74, 6) is 2.12. The number of hydrogen-bond acceptors (Lipinski definition) is 5. The van der Waals surface area contributed by atoms with Crippen LogP contribution in [0.1, 0.15) is 49.5 Å². The zero-order valence-electron chi connectivity index (χ0n) is 19.1. The van der Waals surface area contributed by atoms with Gasteiger partial charge in [0.05, 0.1) is 6.04 Å². The molecule has 0 bridgehead atoms. The second-order valence-electron chi connectivity index (χ2n) is 9.20. The number of amides is 1. The average molecular weight is 437 g/mol. The molecule has 2 aliphatic heterocycles. The molecule has 1 saturated heterocycles. The van der Waals surface area contributed by atoms with Crippen LogP contribution >= 0.6 is 0 Å². The molecule has 6 heteroatoms. The number of nitrogens with zero attached hydrogens (tertiary/aromatic N) is 1. The summed E-state index contributed by atoms with van der Waals surface area (Å²) in [4.78, 5) is 27.9. The van der Waals surface area contributed by atoms with Crippen LogP contribution in [-0.4, -0.2) is 42.5 Å². The Kier molecular flexibility index (Phi) is 6.80. The first-order valence-corrected chi connectivity index (χ1v) is 11.5. The number of benzene rings is 2. The molecule has 1 atom stereocenters. The Hall–Kier alpha value is -2.86. The van der Waals surface area contributed by atoms with Crippen molar-refractivity contribution in [3.05, 3.63) is 53.6 Å². The summed E-state index contributed by atoms with van der Waals surface area (Å²) in [5, 5.41) is 2.96. The number of ether oxygens (including phenoxy) is 2. The molecule has 0 aliphatic carbocycles. The maximum atomic E-state index is 13.0. The van der Waals surface area contributed by atoms with Gasteiger partial charge in [-0.15, -0.1) is 0 Å². The van der Waals surface area contributed by atoms with Gasteiger partial charge in [0.2, 0.25) is 12.7 Å². The third-order valence-electron chi connectivity index (χ3n) is 6.35. The van der Waals surface area contributed by atoms with Crippen molar-refractivity contribution in [2.75, 3.05) is 25.2 Å². The molecular formula is C26H32N2O4. The van der Waals surface area contributed by atoms with Crippen molar-refractivity contribution in [2.45, 2.75) is 46.1 Å². The number of likely N-dealkylation sites (tertiary alicyclic amines) is 1. The second kappa shape index (κ2) is 9.74. The van der Waals surface area contributed by atoms with Gasteiger partial charge in [0, 0.05) is 23.2 Å². The van der Waals surface area contributed by atoms with Gasteiger partial charge < -0.3 is 14.8 Å². The predicted octanol–water partition coefficient (Wildman–Crippen LogP) is 4.54. The molecule has 2 aromatic rings. The van der Waals surface area contributed by atoms with Gasteiger partial charge in [-0.05, 0) is 62.9 Å². The highest BCUT2D eigenvalue weighted by Crippen LogP contribution is 2.34. The van der Waals surface area contributed by atoms with Crippen molar-refractivity contribution in [1.82, 2.24) is 4.90 Å². The van der Waals surface area contributed by atoms with Gasteiger partial charge in [-0.1, -0.05) is 38.1 Å². The van der Waals surface area contributed by atoms with Gasteiger partial charge >= 0.3 is 0 Å². The molecule has 1 amide bonds. The van der Waals surface area contributed by atoms with Crippen molar-refractivity contribution >= 4 is 17.4 Å². The standard InChI is InChI=1S/C26H32N2O4/c1-17(2)14-19-4-6-20(7-5-19)25(29)21-10-12-28(13-11-21)18(3)26(30)27-22-8-9-23-24(15-22)32-16-31-23/h4-9,15,17-18,21H,10-14,16H2,1-3H3,(H,27,30). The highest BCUT2D eigenvalue weighted by atomic mass is 16.7. The normalized spacial score (nSPS) is 17.4. The van der Waals surface area contributed by atoms with Gasteiger partial charge in [-0.25, -0.2) is 0 Å². The highest BCUT2D eigenvalue weighted by Gasteiger charge is 2.30. The number of Topliss-reactive ketones (excluding diaryl/α,β-unsaturated/α-hetero) is 1. The molecule has 2 aliphatic rings. The van der Waals surface area contributed by atoms with Crippen LogP contribution in [0.2, 0.25) is 0 Å². The quantitative estimate of drug-likeness (QED) is 0.646. The first kappa shape index (κ1) is 22.3. The van der Waals surface area contributed by atoms with E-state index in [1.807, 2.05) is 25.1 Å². The summed E-state index contributed by atoms with van der Waals surface area (Å²) in [7, 11) is 0. The summed E-state index contributed by atoms with van der Waals surface area (Å²) in [6.07, 6.45) is 2.57. The SMILES string of the molecule is CC(C)Cc1ccc(C(=O)C2CCN(C(C)C(=O)Nc3ccc4c(c3)OCO4)CC2)cc1. The molecule has 2 aromatic carbocycles. The van der Waals surface area contributed by atoms with Crippen LogP contribution in [0.25, 0.3) is 0 Å². The molecule has 1 unspecified atom stereocenters. The third-order valence-corrected chi connectivity index (χ3v) is 6.35. The fourth-order valence-electron chi connectivity index (χ4n) is 4.45. The number of nitrogens with one attached hydrogen (secondary N) is 1. The minimum Gasteiger partial charge on any atom is -0.454 e. The Labute approximate surface area is 189 Å². The lowest BCUT2D eigenvalue weighted by molar-refractivity contribution is -0.121. The summed E-state index contributed by atoms with van der Waals surface area (Å²) >= 11 is 0. The molecule has 4 rings (SSSR count). The number of hydrogen-bond donors (Lipinski definition) is 1. The Morgan fingerprint density at radius 1 is 1.00 bits per heavy atom. The minimum absolute atomic E-state index is 0.0197. The second-order valence-corrected chi connectivity index (χ2v) is 9.20. The molecule has 170 valence electrons. The molecule has 1 fully saturated rings. The number of carbonyl (C=O) groups excluding carboxylic acids is 2. The molecule has 0 radical (unpaired) electrons. The molecule has 0 saturated carbocycles. The number of rotatable bonds is 7. The Morgan fingerprint density at radius 3 is 2.38 bits per heavy atom. The monoisotopic (exact) mass is 436 g/mol. The van der Waals surface area contributed by atoms with E-state index in [0.717, 1.165) is 37.9 Å². The zero-order valence-corrected chi connectivity index (χ0v) is 19.1. The first-order valence-electron chi connectivity index (χ1n) is 11.5. The lowest BCUT2D eigenvalue weighted by atomic mass is 9.88. The molecule has 32 heavy (non-hydrogen) atoms. The summed E-state index contributed by atoms with van der Waals surface area (Å²) in [6, 6.07) is 13.2. The van der Waals surface area contributed by atoms with E-state index in [1.165, 1.54) is 5.56 Å². The van der Waals surface area contributed by atoms with E-state index >= 15 is 0 Å². The summed E-state index contributed by atoms with van der Waals surface area (Å²) < 4.78 is 10.7. The lowest BCUT2D eigenvalue weighted by Crippen LogP contribution is -2.47. The minimum atomic E-state index is -0.271. The lowest BCUT2D eigenvalue weighted by Gasteiger charge is -2.34. The Balaban J connectivity index is 1.28. The van der Waals surface area contributed by atoms with E-state index < -0.39 is 0 Å². The molecule has 1 N–H and O–H groups in total. The topological polar surface area (TPSA) is 67.9 Å². The highest BCUT2D eigenvalue weighted by molar-refractivity contribution is 5.98. The van der Waals surface area contributed by atoms with Crippen LogP contribution in [0.5, 0.6) is 11.5 Å². The van der Waals surface area contributed by atoms with Crippen LogP contribution in [0.4, 0.5) is 5.69 Å². The van der Waals surface area contributed by atoms with Crippen molar-refractivity contribution in [2.24, 2.45) is 11.8 Å². The van der Waals surface area contributed by atoms with Gasteiger partial charge in [-0.3, -0.25) is 14.5 Å². The van der Waals surface area contributed by atoms with Gasteiger partial charge in [0.15, 0.2) is 17.3 Å². The molecule has 2 heterocycles. The van der Waals surface area contributed by atoms with Crippen LogP contribution in [0, 0.1) is 11.8 Å². The van der Waals surface area contributed by atoms with Gasteiger partial charge in [0.25, 0.3) is 0 Å². The summed E-state index contributed by atoms with van der Waals surface area (Å²) in [6.45, 7) is 7.98. The van der Waals surface area contributed by atoms with E-state index in [9.17, 15) is 9.59 Å². The number of carbonyl (C=O) groups is 2. The fraction of sp³-hybridized carbons (Fsp3) is 0.462. The van der Waals surface area contributed by atoms with Crippen LogP contribution in [-0.2, 0) is 11.2 Å². The van der Waals surface area contributed by atoms with E-state index in [4.69, 9.17) is 9.47 Å². The molecule has 6 nitrogen and oxygen atoms in total. The number of anilines is 1. The van der Waals surface area contributed by atoms with E-state index in [-0.39, 0.29) is 30.4 Å². The van der Waals surface area contributed by atoms with Gasteiger partial charge in [0.1, 0.15) is 0 Å². The number of piperidine rings is 1. The number of ketones is 1. The Morgan fingerprint density at radius 2 is 1.69 bits per heavy atom. The first-order chi connectivity index (χ1) is 15.4. The van der Waals surface area contributed by atoms with Gasteiger partial charge in [-0.2, -0.15) is 0 Å². The largest absolute Gasteiger partial charge is 0.454 e. The van der Waals surface area contributed by atoms with Crippen molar-refractivity contribution in [3.63, 3.8) is 0 Å². The van der Waals surface area contributed by atoms with E-state index in [0.29, 0.717) is 23.1 Å². The maximum absolute atomic E-state index is 13.0. The maximum Gasteiger partial charge on any atom is 0.241 e. The third kappa shape index (κ3) is 5.13. The predicted molar refractivity (Wildman–Crippen MR) is 124 cm³/mol. The van der Waals surface area contributed by atoms with Crippen LogP contribution in [0.15, 0.2) is 42.5 Å². The van der Waals surface area contributed by atoms with E-state index in [1.54, 1.807) is 12.1 Å². The zero-order chi connectivity index (χ0) is 22.7. The average Bonchev–Trinajstić information content (AvgIpc) is 3.26. The number of fused-ring (bicyclic) bond motifs is 1. The van der Waals surface area contributed by atoms with Crippen molar-refractivity contribution in [1.29, 1.82) is 0 Å². The molecule has 0 spiro atoms. The van der Waals surface area contributed by atoms with Crippen molar-refractivity contribution < 1.29 is 19.1 Å². The fourth-order valence-corrected chi connectivity index (χ4v) is 4.45. The Bertz CT molecular complexity index is 962. The van der Waals surface area contributed by atoms with Crippen molar-refractivity contribution in [3.8, 4) is 11.5 Å². The molecule has 0 aromatic heterocycles. The molecular weight excluding hydrogens is 404 g/mol. The summed E-state index contributed by atoms with van der Waals surface area (Å²) in [5.41, 5.74) is 2.76. The van der Waals surface area contributed by atoms with E-state index in [2.05, 4.69) is 36.2 Å². The smallest absolute Gasteiger partial charge is 0.241 e. The van der Waals surface area contributed by atoms with Crippen LogP contribution in [0.3, 0.4) is 0 Å².